The van der Waals surface area contributed by atoms with Gasteiger partial charge in [-0.1, -0.05) is 33.1 Å². The summed E-state index contributed by atoms with van der Waals surface area (Å²) in [7, 11) is 0. The maximum atomic E-state index is 11.3. The van der Waals surface area contributed by atoms with Crippen molar-refractivity contribution in [2.24, 2.45) is 11.3 Å². The summed E-state index contributed by atoms with van der Waals surface area (Å²) in [5.41, 5.74) is -1.25. The quantitative estimate of drug-likeness (QED) is 0.861. The molecular formula is C17H30N2O. The standard InChI is InChI=1S/C17H30N2O/c1-3-15-7-5-8-16(13-15,14-18)17(20)9-6-11-19(4-2)12-10-17/h15,20H,3-13H2,1-2H3. The molecule has 0 aromatic rings. The van der Waals surface area contributed by atoms with Crippen LogP contribution in [0.4, 0.5) is 0 Å². The van der Waals surface area contributed by atoms with Crippen LogP contribution in [-0.4, -0.2) is 35.2 Å². The van der Waals surface area contributed by atoms with E-state index in [0.29, 0.717) is 5.92 Å². The van der Waals surface area contributed by atoms with Crippen molar-refractivity contribution < 1.29 is 5.11 Å². The van der Waals surface area contributed by atoms with Gasteiger partial charge in [0.15, 0.2) is 0 Å². The van der Waals surface area contributed by atoms with E-state index in [0.717, 1.165) is 64.6 Å². The van der Waals surface area contributed by atoms with Gasteiger partial charge in [-0.2, -0.15) is 5.26 Å². The van der Waals surface area contributed by atoms with E-state index in [4.69, 9.17) is 0 Å². The van der Waals surface area contributed by atoms with Crippen LogP contribution in [0.5, 0.6) is 0 Å². The molecule has 0 amide bonds. The second-order valence-electron chi connectivity index (χ2n) is 6.88. The van der Waals surface area contributed by atoms with E-state index < -0.39 is 11.0 Å². The summed E-state index contributed by atoms with van der Waals surface area (Å²) in [5, 5.41) is 21.2. The number of hydrogen-bond donors (Lipinski definition) is 1. The molecule has 0 radical (unpaired) electrons. The minimum absolute atomic E-state index is 0.490. The predicted octanol–water partition coefficient (Wildman–Crippen LogP) is 3.33. The molecule has 1 saturated carbocycles. The van der Waals surface area contributed by atoms with Crippen molar-refractivity contribution in [1.82, 2.24) is 4.90 Å². The Labute approximate surface area is 124 Å². The van der Waals surface area contributed by atoms with Gasteiger partial charge in [-0.3, -0.25) is 0 Å². The topological polar surface area (TPSA) is 47.3 Å². The van der Waals surface area contributed by atoms with E-state index in [-0.39, 0.29) is 0 Å². The van der Waals surface area contributed by atoms with E-state index in [2.05, 4.69) is 24.8 Å². The Morgan fingerprint density at radius 2 is 2.00 bits per heavy atom. The van der Waals surface area contributed by atoms with Crippen molar-refractivity contribution in [2.75, 3.05) is 19.6 Å². The summed E-state index contributed by atoms with van der Waals surface area (Å²) in [5.74, 6) is 0.623. The Morgan fingerprint density at radius 1 is 1.20 bits per heavy atom. The highest BCUT2D eigenvalue weighted by Crippen LogP contribution is 2.51. The van der Waals surface area contributed by atoms with Gasteiger partial charge in [0.05, 0.1) is 17.1 Å². The predicted molar refractivity (Wildman–Crippen MR) is 81.2 cm³/mol. The van der Waals surface area contributed by atoms with Crippen molar-refractivity contribution in [1.29, 1.82) is 5.26 Å². The number of nitriles is 1. The van der Waals surface area contributed by atoms with Gasteiger partial charge in [0.1, 0.15) is 0 Å². The van der Waals surface area contributed by atoms with Crippen LogP contribution < -0.4 is 0 Å². The monoisotopic (exact) mass is 278 g/mol. The molecular weight excluding hydrogens is 248 g/mol. The lowest BCUT2D eigenvalue weighted by molar-refractivity contribution is -0.0913. The molecule has 1 aliphatic carbocycles. The Hall–Kier alpha value is -0.590. The molecule has 114 valence electrons. The average molecular weight is 278 g/mol. The fourth-order valence-corrected chi connectivity index (χ4v) is 4.34. The van der Waals surface area contributed by atoms with Gasteiger partial charge in [0.2, 0.25) is 0 Å². The number of aliphatic hydroxyl groups is 1. The third kappa shape index (κ3) is 2.87. The zero-order chi connectivity index (χ0) is 14.6. The Kier molecular flexibility index (Phi) is 5.09. The summed E-state index contributed by atoms with van der Waals surface area (Å²) < 4.78 is 0. The zero-order valence-corrected chi connectivity index (χ0v) is 13.2. The van der Waals surface area contributed by atoms with Crippen LogP contribution in [0.3, 0.4) is 0 Å². The summed E-state index contributed by atoms with van der Waals surface area (Å²) in [6, 6.07) is 2.58. The smallest absolute Gasteiger partial charge is 0.0863 e. The van der Waals surface area contributed by atoms with Gasteiger partial charge < -0.3 is 10.0 Å². The van der Waals surface area contributed by atoms with Crippen LogP contribution in [0.15, 0.2) is 0 Å². The first-order valence-corrected chi connectivity index (χ1v) is 8.45. The Bertz CT molecular complexity index is 364. The van der Waals surface area contributed by atoms with E-state index in [1.807, 2.05) is 0 Å². The number of nitrogens with zero attached hydrogens (tertiary/aromatic N) is 2. The largest absolute Gasteiger partial charge is 0.388 e. The summed E-state index contributed by atoms with van der Waals surface area (Å²) in [6.07, 6.45) is 7.86. The highest BCUT2D eigenvalue weighted by Gasteiger charge is 2.52. The lowest BCUT2D eigenvalue weighted by atomic mass is 9.59. The summed E-state index contributed by atoms with van der Waals surface area (Å²) >= 11 is 0. The summed E-state index contributed by atoms with van der Waals surface area (Å²) in [6.45, 7) is 7.45. The van der Waals surface area contributed by atoms with Crippen LogP contribution in [0, 0.1) is 22.7 Å². The molecule has 1 aliphatic heterocycles. The number of rotatable bonds is 3. The fraction of sp³-hybridized carbons (Fsp3) is 0.941. The first-order chi connectivity index (χ1) is 9.59. The lowest BCUT2D eigenvalue weighted by Crippen LogP contribution is -2.50. The maximum absolute atomic E-state index is 11.3. The molecule has 3 unspecified atom stereocenters. The van der Waals surface area contributed by atoms with E-state index in [1.165, 1.54) is 6.42 Å². The summed E-state index contributed by atoms with van der Waals surface area (Å²) in [4.78, 5) is 2.41. The highest BCUT2D eigenvalue weighted by molar-refractivity contribution is 5.14. The van der Waals surface area contributed by atoms with Gasteiger partial charge in [-0.25, -0.2) is 0 Å². The van der Waals surface area contributed by atoms with Crippen molar-refractivity contribution in [2.45, 2.75) is 70.8 Å². The molecule has 0 spiro atoms. The third-order valence-electron chi connectivity index (χ3n) is 5.89. The number of hydrogen-bond acceptors (Lipinski definition) is 3. The molecule has 20 heavy (non-hydrogen) atoms. The molecule has 3 atom stereocenters. The molecule has 2 fully saturated rings. The van der Waals surface area contributed by atoms with E-state index in [1.54, 1.807) is 0 Å². The SMILES string of the molecule is CCC1CCCC(C#N)(C2(O)CCCN(CC)CC2)C1. The van der Waals surface area contributed by atoms with Crippen LogP contribution >= 0.6 is 0 Å². The fourth-order valence-electron chi connectivity index (χ4n) is 4.34. The first kappa shape index (κ1) is 15.8. The van der Waals surface area contributed by atoms with Gasteiger partial charge in [-0.05, 0) is 51.1 Å². The Balaban J connectivity index is 2.18. The molecule has 0 aromatic heterocycles. The molecule has 1 heterocycles. The minimum atomic E-state index is -0.764. The molecule has 3 heteroatoms. The van der Waals surface area contributed by atoms with Crippen LogP contribution in [0.2, 0.25) is 0 Å². The lowest BCUT2D eigenvalue weighted by Gasteiger charge is -2.47. The second-order valence-corrected chi connectivity index (χ2v) is 6.88. The molecule has 2 aliphatic rings. The van der Waals surface area contributed by atoms with Gasteiger partial charge in [0, 0.05) is 6.54 Å². The zero-order valence-electron chi connectivity index (χ0n) is 13.2. The van der Waals surface area contributed by atoms with Crippen molar-refractivity contribution in [3.05, 3.63) is 0 Å². The number of likely N-dealkylation sites (tertiary alicyclic amines) is 1. The molecule has 0 bridgehead atoms. The van der Waals surface area contributed by atoms with Crippen molar-refractivity contribution >= 4 is 0 Å². The maximum Gasteiger partial charge on any atom is 0.0863 e. The van der Waals surface area contributed by atoms with Crippen LogP contribution in [0.25, 0.3) is 0 Å². The molecule has 1 saturated heterocycles. The normalized spacial score (nSPS) is 40.0. The molecule has 1 N–H and O–H groups in total. The second kappa shape index (κ2) is 6.45. The van der Waals surface area contributed by atoms with Gasteiger partial charge in [-0.15, -0.1) is 0 Å². The average Bonchev–Trinajstić information content (AvgIpc) is 2.70. The van der Waals surface area contributed by atoms with E-state index in [9.17, 15) is 10.4 Å². The molecule has 0 aromatic carbocycles. The van der Waals surface area contributed by atoms with Crippen molar-refractivity contribution in [3.63, 3.8) is 0 Å². The molecule has 2 rings (SSSR count). The van der Waals surface area contributed by atoms with Crippen LogP contribution in [-0.2, 0) is 0 Å². The van der Waals surface area contributed by atoms with Gasteiger partial charge in [0.25, 0.3) is 0 Å². The van der Waals surface area contributed by atoms with Crippen LogP contribution in [0.1, 0.15) is 65.2 Å². The van der Waals surface area contributed by atoms with Gasteiger partial charge >= 0.3 is 0 Å². The van der Waals surface area contributed by atoms with E-state index >= 15 is 0 Å². The minimum Gasteiger partial charge on any atom is -0.388 e. The molecule has 3 nitrogen and oxygen atoms in total. The third-order valence-corrected chi connectivity index (χ3v) is 5.89. The highest BCUT2D eigenvalue weighted by atomic mass is 16.3. The van der Waals surface area contributed by atoms with Crippen molar-refractivity contribution in [3.8, 4) is 6.07 Å². The first-order valence-electron chi connectivity index (χ1n) is 8.45. The Morgan fingerprint density at radius 3 is 2.65 bits per heavy atom.